The fourth-order valence-electron chi connectivity index (χ4n) is 3.81. The Bertz CT molecular complexity index is 1760. The molecule has 12 heteroatoms. The van der Waals surface area contributed by atoms with Gasteiger partial charge in [-0.25, -0.2) is 23.7 Å². The van der Waals surface area contributed by atoms with E-state index in [1.54, 1.807) is 48.6 Å². The number of nitrogens with zero attached hydrogens (tertiary/aromatic N) is 6. The Morgan fingerprint density at radius 3 is 1.76 bits per heavy atom. The number of benzene rings is 2. The zero-order valence-corrected chi connectivity index (χ0v) is 38.1. The number of aromatic amines is 3. The first kappa shape index (κ1) is 67.8. The first-order valence-corrected chi connectivity index (χ1v) is 21.7. The quantitative estimate of drug-likeness (QED) is 0.130. The van der Waals surface area contributed by atoms with Crippen molar-refractivity contribution in [2.24, 2.45) is 0 Å². The zero-order valence-electron chi connectivity index (χ0n) is 36.5. The molecule has 0 saturated carbocycles. The number of fused-ring (bicyclic) bond motifs is 4. The SMILES string of the molecule is C.C.C.C.CC.CC.CC.CC.CC.CC.c1cc[n+]2cc[nH]c2c1.c1ccc2occc2c1.c1ccc2sccc2c1.c1cn[nH]c1.c1cnsc1.c1ncc2cn[nH]c2n1. The van der Waals surface area contributed by atoms with E-state index in [0.717, 1.165) is 27.6 Å². The van der Waals surface area contributed by atoms with Gasteiger partial charge in [0.1, 0.15) is 24.3 Å². The number of aromatic nitrogens is 9. The molecule has 0 fully saturated rings. The van der Waals surface area contributed by atoms with Gasteiger partial charge in [0, 0.05) is 46.3 Å². The minimum Gasteiger partial charge on any atom is -0.464 e. The van der Waals surface area contributed by atoms with Crippen LogP contribution >= 0.6 is 22.9 Å². The topological polar surface area (TPSA) is 129 Å². The van der Waals surface area contributed by atoms with Crippen LogP contribution in [0.15, 0.2) is 168 Å². The summed E-state index contributed by atoms with van der Waals surface area (Å²) < 4.78 is 12.3. The van der Waals surface area contributed by atoms with Crippen LogP contribution in [0.1, 0.15) is 113 Å². The van der Waals surface area contributed by atoms with Gasteiger partial charge in [0.05, 0.1) is 24.0 Å². The summed E-state index contributed by atoms with van der Waals surface area (Å²) in [6.45, 7) is 24.0. The molecular weight excluding hydrogens is 807 g/mol. The van der Waals surface area contributed by atoms with Gasteiger partial charge >= 0.3 is 0 Å². The molecule has 10 rings (SSSR count). The maximum absolute atomic E-state index is 5.12. The highest BCUT2D eigenvalue weighted by Crippen LogP contribution is 2.19. The molecule has 8 aromatic heterocycles. The van der Waals surface area contributed by atoms with E-state index in [-0.39, 0.29) is 29.7 Å². The summed E-state index contributed by atoms with van der Waals surface area (Å²) in [4.78, 5) is 10.8. The highest BCUT2D eigenvalue weighted by Gasteiger charge is 1.94. The van der Waals surface area contributed by atoms with Crippen LogP contribution in [-0.4, -0.2) is 39.7 Å². The zero-order chi connectivity index (χ0) is 43.5. The van der Waals surface area contributed by atoms with Gasteiger partial charge < -0.3 is 4.42 Å². The van der Waals surface area contributed by atoms with Crippen molar-refractivity contribution in [2.45, 2.75) is 113 Å². The van der Waals surface area contributed by atoms with Crippen LogP contribution in [0.3, 0.4) is 0 Å². The lowest BCUT2D eigenvalue weighted by molar-refractivity contribution is -0.509. The van der Waals surface area contributed by atoms with E-state index < -0.39 is 0 Å². The lowest BCUT2D eigenvalue weighted by atomic mass is 10.3. The molecule has 344 valence electrons. The maximum Gasteiger partial charge on any atom is 0.283 e. The monoisotopic (exact) mass is 889 g/mol. The molecule has 10 aromatic rings. The largest absolute Gasteiger partial charge is 0.464 e. The smallest absolute Gasteiger partial charge is 0.283 e. The average Bonchev–Trinajstić information content (AvgIpc) is 4.19. The van der Waals surface area contributed by atoms with E-state index in [1.807, 2.05) is 172 Å². The predicted molar refractivity (Wildman–Crippen MR) is 279 cm³/mol. The standard InChI is InChI=1S/C8H6O.C8H6S.C7H6N2.C5H4N4.C3H4N2.C3H3NS.6C2H6.4CH4/c2*1-2-4-8-7(3-1)5-6-9-8;1-2-5-9-6-4-8-7(9)3-1;1-4-2-8-9-5(4)7-3-6-1;2*1-2-4-5-3-1;6*1-2;;;;/h3*1-6H;1-3H,(H,6,7,8,9);1-3H,(H,4,5);1-3H;6*1-2H3;4*1H4/p+1. The molecule has 0 spiro atoms. The molecule has 8 heterocycles. The van der Waals surface area contributed by atoms with Crippen LogP contribution in [0, 0.1) is 0 Å². The summed E-state index contributed by atoms with van der Waals surface area (Å²) in [5, 5.41) is 20.2. The van der Waals surface area contributed by atoms with Crippen molar-refractivity contribution in [3.05, 3.63) is 164 Å². The predicted octanol–water partition coefficient (Wildman–Crippen LogP) is 16.7. The van der Waals surface area contributed by atoms with E-state index in [4.69, 9.17) is 4.42 Å². The van der Waals surface area contributed by atoms with Crippen LogP contribution < -0.4 is 4.40 Å². The lowest BCUT2D eigenvalue weighted by Gasteiger charge is -1.82. The maximum atomic E-state index is 5.12. The number of hydrogen-bond acceptors (Lipinski definition) is 8. The number of pyridine rings is 1. The van der Waals surface area contributed by atoms with E-state index in [9.17, 15) is 0 Å². The summed E-state index contributed by atoms with van der Waals surface area (Å²) >= 11 is 3.25. The van der Waals surface area contributed by atoms with E-state index in [1.165, 1.54) is 27.9 Å². The average molecular weight is 889 g/mol. The molecule has 0 radical (unpaired) electrons. The molecule has 0 aliphatic rings. The van der Waals surface area contributed by atoms with Crippen LogP contribution in [0.5, 0.6) is 0 Å². The van der Waals surface area contributed by atoms with Crippen LogP contribution in [-0.2, 0) is 0 Å². The Kier molecular flexibility index (Phi) is 55.9. The molecule has 10 nitrogen and oxygen atoms in total. The van der Waals surface area contributed by atoms with Crippen molar-refractivity contribution in [1.82, 2.24) is 39.7 Å². The Labute approximate surface area is 384 Å². The summed E-state index contributed by atoms with van der Waals surface area (Å²) in [6.07, 6.45) is 17.7. The molecule has 62 heavy (non-hydrogen) atoms. The number of para-hydroxylation sites is 1. The first-order valence-electron chi connectivity index (χ1n) is 20.0. The van der Waals surface area contributed by atoms with Crippen LogP contribution in [0.4, 0.5) is 0 Å². The van der Waals surface area contributed by atoms with Gasteiger partial charge in [-0.15, -0.1) is 11.3 Å². The van der Waals surface area contributed by atoms with Gasteiger partial charge in [0.2, 0.25) is 0 Å². The Morgan fingerprint density at radius 1 is 0.565 bits per heavy atom. The van der Waals surface area contributed by atoms with E-state index >= 15 is 0 Å². The van der Waals surface area contributed by atoms with Crippen molar-refractivity contribution < 1.29 is 8.82 Å². The third-order valence-corrected chi connectivity index (χ3v) is 7.37. The Balaban J connectivity index is -0.000000144. The number of H-pyrrole nitrogens is 3. The first-order chi connectivity index (χ1) is 28.9. The van der Waals surface area contributed by atoms with E-state index in [0.29, 0.717) is 0 Å². The second kappa shape index (κ2) is 51.2. The van der Waals surface area contributed by atoms with Gasteiger partial charge in [0.25, 0.3) is 5.65 Å². The third kappa shape index (κ3) is 29.3. The normalized spacial score (nSPS) is 7.81. The second-order valence-corrected chi connectivity index (χ2v) is 10.7. The highest BCUT2D eigenvalue weighted by molar-refractivity contribution is 7.17. The number of hydrogen-bond donors (Lipinski definition) is 3. The van der Waals surface area contributed by atoms with Gasteiger partial charge in [-0.3, -0.25) is 10.2 Å². The summed E-state index contributed by atoms with van der Waals surface area (Å²) in [5.74, 6) is 0. The number of imidazole rings is 1. The highest BCUT2D eigenvalue weighted by atomic mass is 32.1. The van der Waals surface area contributed by atoms with Gasteiger partial charge in [0.15, 0.2) is 5.65 Å². The molecule has 0 saturated heterocycles. The summed E-state index contributed by atoms with van der Waals surface area (Å²) in [6, 6.07) is 30.2. The molecule has 0 aliphatic heterocycles. The third-order valence-electron chi connectivity index (χ3n) is 5.95. The molecule has 0 bridgehead atoms. The molecule has 0 aliphatic carbocycles. The van der Waals surface area contributed by atoms with Crippen molar-refractivity contribution in [3.8, 4) is 0 Å². The fourth-order valence-corrected chi connectivity index (χ4v) is 4.95. The van der Waals surface area contributed by atoms with Gasteiger partial charge in [-0.2, -0.15) is 10.2 Å². The molecule has 0 atom stereocenters. The van der Waals surface area contributed by atoms with Gasteiger partial charge in [-0.05, 0) is 64.8 Å². The summed E-state index contributed by atoms with van der Waals surface area (Å²) in [7, 11) is 0. The number of thiophene rings is 1. The minimum atomic E-state index is 0. The van der Waals surface area contributed by atoms with E-state index in [2.05, 4.69) is 75.4 Å². The molecule has 0 amide bonds. The summed E-state index contributed by atoms with van der Waals surface area (Å²) in [5.41, 5.74) is 2.86. The Hall–Kier alpha value is -5.98. The van der Waals surface area contributed by atoms with Crippen molar-refractivity contribution in [1.29, 1.82) is 0 Å². The fraction of sp³-hybridized carbons (Fsp3) is 0.320. The van der Waals surface area contributed by atoms with Gasteiger partial charge in [-0.1, -0.05) is 155 Å². The number of rotatable bonds is 0. The van der Waals surface area contributed by atoms with Crippen molar-refractivity contribution >= 4 is 60.6 Å². The molecule has 3 N–H and O–H groups in total. The minimum absolute atomic E-state index is 0. The second-order valence-electron chi connectivity index (χ2n) is 9.02. The van der Waals surface area contributed by atoms with Crippen LogP contribution in [0.2, 0.25) is 0 Å². The lowest BCUT2D eigenvalue weighted by Crippen LogP contribution is -2.15. The number of nitrogens with one attached hydrogen (secondary N) is 3. The molecule has 2 aromatic carbocycles. The van der Waals surface area contributed by atoms with Crippen LogP contribution in [0.25, 0.3) is 37.7 Å². The molecular formula is C50H82N9OS2+. The van der Waals surface area contributed by atoms with Crippen molar-refractivity contribution in [2.75, 3.05) is 0 Å². The number of furan rings is 1. The van der Waals surface area contributed by atoms with Crippen molar-refractivity contribution in [3.63, 3.8) is 0 Å². The Morgan fingerprint density at radius 2 is 1.23 bits per heavy atom. The molecule has 0 unspecified atom stereocenters.